The van der Waals surface area contributed by atoms with Crippen LogP contribution < -0.4 is 5.32 Å². The van der Waals surface area contributed by atoms with E-state index in [1.807, 2.05) is 6.20 Å². The van der Waals surface area contributed by atoms with E-state index in [-0.39, 0.29) is 0 Å². The third-order valence-corrected chi connectivity index (χ3v) is 1.36. The van der Waals surface area contributed by atoms with Gasteiger partial charge in [-0.3, -0.25) is 9.79 Å². The smallest absolute Gasteiger partial charge is 0.293 e. The van der Waals surface area contributed by atoms with Crippen LogP contribution in [0.3, 0.4) is 0 Å². The number of aliphatic imine (C=N–C) groups is 1. The summed E-state index contributed by atoms with van der Waals surface area (Å²) in [6.45, 7) is 1.60. The highest BCUT2D eigenvalue weighted by molar-refractivity contribution is 5.57. The molecule has 0 unspecified atom stereocenters. The molecule has 60 valence electrons. The van der Waals surface area contributed by atoms with Crippen LogP contribution in [0.2, 0.25) is 0 Å². The van der Waals surface area contributed by atoms with E-state index in [0.717, 1.165) is 12.0 Å². The number of carbonyl (C=O) groups excluding carboxylic acids is 1. The van der Waals surface area contributed by atoms with Gasteiger partial charge in [0.15, 0.2) is 0 Å². The molecule has 1 heterocycles. The first kappa shape index (κ1) is 7.78. The summed E-state index contributed by atoms with van der Waals surface area (Å²) in [5, 5.41) is 2.86. The molecule has 1 rings (SSSR count). The van der Waals surface area contributed by atoms with Gasteiger partial charge in [0, 0.05) is 12.6 Å². The monoisotopic (exact) mass is 154 g/mol. The summed E-state index contributed by atoms with van der Waals surface area (Å²) in [6, 6.07) is 0. The Morgan fingerprint density at radius 2 is 2.73 bits per heavy atom. The number of nitrogens with one attached hydrogen (secondary N) is 1. The summed E-state index contributed by atoms with van der Waals surface area (Å²) < 4.78 is 4.54. The normalized spacial score (nSPS) is 15.1. The van der Waals surface area contributed by atoms with Gasteiger partial charge in [0.1, 0.15) is 0 Å². The molecule has 1 N–H and O–H groups in total. The van der Waals surface area contributed by atoms with Gasteiger partial charge in [-0.15, -0.1) is 0 Å². The van der Waals surface area contributed by atoms with Gasteiger partial charge in [-0.1, -0.05) is 0 Å². The molecule has 0 atom stereocenters. The predicted molar refractivity (Wildman–Crippen MR) is 41.2 cm³/mol. The molecule has 0 saturated carbocycles. The van der Waals surface area contributed by atoms with E-state index in [0.29, 0.717) is 19.6 Å². The van der Waals surface area contributed by atoms with Crippen LogP contribution in [0.1, 0.15) is 6.42 Å². The molecule has 1 aliphatic rings. The lowest BCUT2D eigenvalue weighted by atomic mass is 10.2. The van der Waals surface area contributed by atoms with E-state index in [4.69, 9.17) is 0 Å². The number of hydrogen-bond acceptors (Lipinski definition) is 4. The molecule has 0 spiro atoms. The maximum absolute atomic E-state index is 9.76. The van der Waals surface area contributed by atoms with Crippen LogP contribution in [0.15, 0.2) is 16.8 Å². The molecule has 0 aromatic heterocycles. The SMILES string of the molecule is O=COCCC1=CNC=NC1. The van der Waals surface area contributed by atoms with Crippen molar-refractivity contribution in [3.05, 3.63) is 11.8 Å². The fourth-order valence-corrected chi connectivity index (χ4v) is 0.806. The standard InChI is InChI=1S/C7H10N2O2/c10-6-11-2-1-7-3-8-5-9-4-7/h3,5-6H,1-2,4H2,(H,8,9). The summed E-state index contributed by atoms with van der Waals surface area (Å²) in [5.74, 6) is 0. The molecule has 4 heteroatoms. The highest BCUT2D eigenvalue weighted by Gasteiger charge is 1.98. The third kappa shape index (κ3) is 2.84. The molecule has 0 aromatic carbocycles. The van der Waals surface area contributed by atoms with Crippen molar-refractivity contribution in [2.24, 2.45) is 4.99 Å². The number of ether oxygens (including phenoxy) is 1. The Balaban J connectivity index is 2.15. The minimum absolute atomic E-state index is 0.437. The molecule has 4 nitrogen and oxygen atoms in total. The first-order valence-electron chi connectivity index (χ1n) is 3.41. The Morgan fingerprint density at radius 3 is 3.36 bits per heavy atom. The molecule has 1 aliphatic heterocycles. The van der Waals surface area contributed by atoms with Crippen molar-refractivity contribution >= 4 is 12.8 Å². The maximum atomic E-state index is 9.76. The van der Waals surface area contributed by atoms with Gasteiger partial charge in [0.25, 0.3) is 6.47 Å². The summed E-state index contributed by atoms with van der Waals surface area (Å²) >= 11 is 0. The van der Waals surface area contributed by atoms with Gasteiger partial charge in [0.2, 0.25) is 0 Å². The number of hydrogen-bond donors (Lipinski definition) is 1. The Labute approximate surface area is 65.0 Å². The van der Waals surface area contributed by atoms with Gasteiger partial charge in [-0.25, -0.2) is 0 Å². The van der Waals surface area contributed by atoms with E-state index >= 15 is 0 Å². The van der Waals surface area contributed by atoms with Crippen LogP contribution in [0, 0.1) is 0 Å². The average molecular weight is 154 g/mol. The first-order chi connectivity index (χ1) is 5.43. The zero-order valence-electron chi connectivity index (χ0n) is 6.12. The van der Waals surface area contributed by atoms with Crippen LogP contribution in [-0.4, -0.2) is 26.0 Å². The molecule has 0 aliphatic carbocycles. The summed E-state index contributed by atoms with van der Waals surface area (Å²) in [5.41, 5.74) is 1.15. The second-order valence-electron chi connectivity index (χ2n) is 2.16. The van der Waals surface area contributed by atoms with Crippen LogP contribution in [0.5, 0.6) is 0 Å². The minimum atomic E-state index is 0.437. The molecule has 11 heavy (non-hydrogen) atoms. The van der Waals surface area contributed by atoms with Crippen LogP contribution in [0.25, 0.3) is 0 Å². The molecular weight excluding hydrogens is 144 g/mol. The van der Waals surface area contributed by atoms with Crippen molar-refractivity contribution in [3.63, 3.8) is 0 Å². The molecule has 0 amide bonds. The summed E-state index contributed by atoms with van der Waals surface area (Å²) in [4.78, 5) is 13.7. The van der Waals surface area contributed by atoms with Gasteiger partial charge < -0.3 is 10.1 Å². The molecule has 0 aromatic rings. The van der Waals surface area contributed by atoms with Crippen LogP contribution >= 0.6 is 0 Å². The predicted octanol–water partition coefficient (Wildman–Crippen LogP) is 0.0649. The first-order valence-corrected chi connectivity index (χ1v) is 3.41. The zero-order chi connectivity index (χ0) is 7.94. The number of carbonyl (C=O) groups is 1. The van der Waals surface area contributed by atoms with Crippen molar-refractivity contribution in [1.82, 2.24) is 5.32 Å². The minimum Gasteiger partial charge on any atom is -0.468 e. The fourth-order valence-electron chi connectivity index (χ4n) is 0.806. The molecule has 0 saturated heterocycles. The van der Waals surface area contributed by atoms with E-state index in [2.05, 4.69) is 15.0 Å². The molecular formula is C7H10N2O2. The molecule has 0 radical (unpaired) electrons. The maximum Gasteiger partial charge on any atom is 0.293 e. The van der Waals surface area contributed by atoms with E-state index < -0.39 is 0 Å². The zero-order valence-corrected chi connectivity index (χ0v) is 6.12. The fraction of sp³-hybridized carbons (Fsp3) is 0.429. The largest absolute Gasteiger partial charge is 0.468 e. The quantitative estimate of drug-likeness (QED) is 0.460. The van der Waals surface area contributed by atoms with Crippen molar-refractivity contribution in [2.45, 2.75) is 6.42 Å². The van der Waals surface area contributed by atoms with E-state index in [9.17, 15) is 4.79 Å². The lowest BCUT2D eigenvalue weighted by molar-refractivity contribution is -0.128. The highest BCUT2D eigenvalue weighted by Crippen LogP contribution is 2.02. The van der Waals surface area contributed by atoms with Gasteiger partial charge in [-0.05, 0) is 5.57 Å². The Kier molecular flexibility index (Phi) is 3.18. The Morgan fingerprint density at radius 1 is 1.82 bits per heavy atom. The third-order valence-electron chi connectivity index (χ3n) is 1.36. The van der Waals surface area contributed by atoms with Crippen molar-refractivity contribution in [2.75, 3.05) is 13.2 Å². The number of nitrogens with zero attached hydrogens (tertiary/aromatic N) is 1. The average Bonchev–Trinajstić information content (AvgIpc) is 2.07. The lowest BCUT2D eigenvalue weighted by Crippen LogP contribution is -2.11. The van der Waals surface area contributed by atoms with Crippen molar-refractivity contribution < 1.29 is 9.53 Å². The van der Waals surface area contributed by atoms with E-state index in [1.54, 1.807) is 6.34 Å². The topological polar surface area (TPSA) is 50.7 Å². The number of rotatable bonds is 4. The van der Waals surface area contributed by atoms with Crippen molar-refractivity contribution in [1.29, 1.82) is 0 Å². The van der Waals surface area contributed by atoms with Crippen LogP contribution in [-0.2, 0) is 9.53 Å². The van der Waals surface area contributed by atoms with Gasteiger partial charge in [0.05, 0.1) is 19.5 Å². The molecule has 0 bridgehead atoms. The highest BCUT2D eigenvalue weighted by atomic mass is 16.5. The molecule has 0 fully saturated rings. The van der Waals surface area contributed by atoms with Gasteiger partial charge >= 0.3 is 0 Å². The second kappa shape index (κ2) is 4.49. The Hall–Kier alpha value is -1.32. The van der Waals surface area contributed by atoms with E-state index in [1.165, 1.54) is 0 Å². The van der Waals surface area contributed by atoms with Crippen LogP contribution in [0.4, 0.5) is 0 Å². The second-order valence-corrected chi connectivity index (χ2v) is 2.16. The van der Waals surface area contributed by atoms with Gasteiger partial charge in [-0.2, -0.15) is 0 Å². The Bertz CT molecular complexity index is 187. The lowest BCUT2D eigenvalue weighted by Gasteiger charge is -2.07. The summed E-state index contributed by atoms with van der Waals surface area (Å²) in [7, 11) is 0. The van der Waals surface area contributed by atoms with Crippen molar-refractivity contribution in [3.8, 4) is 0 Å². The summed E-state index contributed by atoms with van der Waals surface area (Å²) in [6.07, 6.45) is 4.27.